The van der Waals surface area contributed by atoms with Crippen molar-refractivity contribution in [3.05, 3.63) is 42.2 Å². The summed E-state index contributed by atoms with van der Waals surface area (Å²) in [5.74, 6) is 1.12. The van der Waals surface area contributed by atoms with Gasteiger partial charge in [-0.05, 0) is 12.8 Å². The van der Waals surface area contributed by atoms with Crippen LogP contribution in [0.15, 0.2) is 40.9 Å². The number of hydrogen-bond donors (Lipinski definition) is 1. The Balaban J connectivity index is 1.71. The van der Waals surface area contributed by atoms with Gasteiger partial charge in [0.2, 0.25) is 0 Å². The van der Waals surface area contributed by atoms with Crippen LogP contribution in [0.3, 0.4) is 0 Å². The molecule has 1 amide bonds. The maximum Gasteiger partial charge on any atom is 0.407 e. The second kappa shape index (κ2) is 5.36. The third-order valence-electron chi connectivity index (χ3n) is 3.77. The number of carbonyl (C=O) groups is 1. The van der Waals surface area contributed by atoms with Crippen LogP contribution >= 0.6 is 0 Å². The Bertz CT molecular complexity index is 586. The van der Waals surface area contributed by atoms with Crippen molar-refractivity contribution in [2.24, 2.45) is 0 Å². The minimum Gasteiger partial charge on any atom is -0.465 e. The Morgan fingerprint density at radius 2 is 1.95 bits per heavy atom. The van der Waals surface area contributed by atoms with Crippen molar-refractivity contribution in [3.63, 3.8) is 0 Å². The van der Waals surface area contributed by atoms with Gasteiger partial charge in [-0.15, -0.1) is 0 Å². The van der Waals surface area contributed by atoms with Gasteiger partial charge < -0.3 is 14.5 Å². The average molecular weight is 272 g/mol. The molecule has 1 aromatic heterocycles. The zero-order valence-corrected chi connectivity index (χ0v) is 11.0. The van der Waals surface area contributed by atoms with E-state index in [2.05, 4.69) is 5.16 Å². The van der Waals surface area contributed by atoms with E-state index >= 15 is 0 Å². The van der Waals surface area contributed by atoms with Gasteiger partial charge in [-0.25, -0.2) is 4.79 Å². The van der Waals surface area contributed by atoms with Crippen molar-refractivity contribution >= 4 is 6.09 Å². The Morgan fingerprint density at radius 1 is 1.25 bits per heavy atom. The van der Waals surface area contributed by atoms with Crippen molar-refractivity contribution in [1.82, 2.24) is 10.1 Å². The number of carboxylic acid groups (broad SMARTS) is 1. The van der Waals surface area contributed by atoms with E-state index < -0.39 is 6.09 Å². The van der Waals surface area contributed by atoms with Gasteiger partial charge in [-0.3, -0.25) is 0 Å². The lowest BCUT2D eigenvalue weighted by Crippen LogP contribution is -2.36. The first-order valence-corrected chi connectivity index (χ1v) is 6.74. The van der Waals surface area contributed by atoms with Crippen LogP contribution in [0.2, 0.25) is 0 Å². The molecule has 1 aromatic carbocycles. The largest absolute Gasteiger partial charge is 0.465 e. The lowest BCUT2D eigenvalue weighted by atomic mass is 9.94. The quantitative estimate of drug-likeness (QED) is 0.911. The summed E-state index contributed by atoms with van der Waals surface area (Å²) < 4.78 is 5.44. The first-order valence-electron chi connectivity index (χ1n) is 6.74. The molecule has 2 aromatic rings. The van der Waals surface area contributed by atoms with Crippen LogP contribution in [-0.4, -0.2) is 34.3 Å². The summed E-state index contributed by atoms with van der Waals surface area (Å²) in [6.07, 6.45) is 0.733. The van der Waals surface area contributed by atoms with Crippen LogP contribution in [0.1, 0.15) is 24.5 Å². The van der Waals surface area contributed by atoms with E-state index in [4.69, 9.17) is 9.63 Å². The van der Waals surface area contributed by atoms with Gasteiger partial charge in [0, 0.05) is 30.6 Å². The van der Waals surface area contributed by atoms with Gasteiger partial charge in [0.05, 0.1) is 0 Å². The van der Waals surface area contributed by atoms with Gasteiger partial charge in [0.1, 0.15) is 11.5 Å². The van der Waals surface area contributed by atoms with Gasteiger partial charge in [0.25, 0.3) is 0 Å². The number of rotatable bonds is 2. The second-order valence-corrected chi connectivity index (χ2v) is 5.02. The molecule has 0 saturated carbocycles. The van der Waals surface area contributed by atoms with E-state index in [1.165, 1.54) is 4.90 Å². The summed E-state index contributed by atoms with van der Waals surface area (Å²) in [4.78, 5) is 12.3. The molecule has 104 valence electrons. The molecule has 0 bridgehead atoms. The van der Waals surface area contributed by atoms with E-state index in [1.807, 2.05) is 36.4 Å². The molecule has 1 saturated heterocycles. The van der Waals surface area contributed by atoms with Crippen LogP contribution in [-0.2, 0) is 0 Å². The Hall–Kier alpha value is -2.30. The van der Waals surface area contributed by atoms with Crippen molar-refractivity contribution in [1.29, 1.82) is 0 Å². The van der Waals surface area contributed by atoms with E-state index in [0.717, 1.165) is 29.9 Å². The SMILES string of the molecule is O=C(O)N1CCC(c2cc(-c3ccccc3)no2)CC1. The van der Waals surface area contributed by atoms with Crippen molar-refractivity contribution in [2.45, 2.75) is 18.8 Å². The minimum atomic E-state index is -0.842. The summed E-state index contributed by atoms with van der Waals surface area (Å²) in [5, 5.41) is 13.0. The van der Waals surface area contributed by atoms with E-state index in [1.54, 1.807) is 0 Å². The summed E-state index contributed by atoms with van der Waals surface area (Å²) in [6, 6.07) is 11.9. The molecule has 1 aliphatic heterocycles. The van der Waals surface area contributed by atoms with Gasteiger partial charge in [0.15, 0.2) is 0 Å². The highest BCUT2D eigenvalue weighted by molar-refractivity contribution is 5.65. The zero-order valence-electron chi connectivity index (χ0n) is 11.0. The molecule has 5 nitrogen and oxygen atoms in total. The van der Waals surface area contributed by atoms with E-state index in [-0.39, 0.29) is 5.92 Å². The van der Waals surface area contributed by atoms with E-state index in [9.17, 15) is 4.79 Å². The third kappa shape index (κ3) is 2.52. The molecule has 1 fully saturated rings. The summed E-state index contributed by atoms with van der Waals surface area (Å²) in [7, 11) is 0. The molecule has 1 aliphatic rings. The number of aromatic nitrogens is 1. The van der Waals surface area contributed by atoms with Crippen LogP contribution in [0, 0.1) is 0 Å². The molecular weight excluding hydrogens is 256 g/mol. The topological polar surface area (TPSA) is 66.6 Å². The van der Waals surface area contributed by atoms with Crippen molar-refractivity contribution < 1.29 is 14.4 Å². The molecule has 0 unspecified atom stereocenters. The maximum atomic E-state index is 10.9. The number of benzene rings is 1. The predicted molar refractivity (Wildman–Crippen MR) is 73.5 cm³/mol. The highest BCUT2D eigenvalue weighted by Gasteiger charge is 2.26. The molecule has 1 N–H and O–H groups in total. The molecule has 0 spiro atoms. The lowest BCUT2D eigenvalue weighted by molar-refractivity contribution is 0.129. The number of amides is 1. The first kappa shape index (κ1) is 12.7. The normalized spacial score (nSPS) is 16.3. The predicted octanol–water partition coefficient (Wildman–Crippen LogP) is 3.20. The number of nitrogens with zero attached hydrogens (tertiary/aromatic N) is 2. The highest BCUT2D eigenvalue weighted by atomic mass is 16.5. The standard InChI is InChI=1S/C15H16N2O3/c18-15(19)17-8-6-12(7-9-17)14-10-13(16-20-14)11-4-2-1-3-5-11/h1-5,10,12H,6-9H2,(H,18,19). The lowest BCUT2D eigenvalue weighted by Gasteiger charge is -2.28. The fraction of sp³-hybridized carbons (Fsp3) is 0.333. The first-order chi connectivity index (χ1) is 9.74. The molecular formula is C15H16N2O3. The van der Waals surface area contributed by atoms with Gasteiger partial charge in [-0.1, -0.05) is 35.5 Å². The summed E-state index contributed by atoms with van der Waals surface area (Å²) >= 11 is 0. The fourth-order valence-electron chi connectivity index (χ4n) is 2.58. The average Bonchev–Trinajstić information content (AvgIpc) is 2.98. The summed E-state index contributed by atoms with van der Waals surface area (Å²) in [6.45, 7) is 1.11. The van der Waals surface area contributed by atoms with Crippen molar-refractivity contribution in [2.75, 3.05) is 13.1 Å². The highest BCUT2D eigenvalue weighted by Crippen LogP contribution is 2.30. The second-order valence-electron chi connectivity index (χ2n) is 5.02. The maximum absolute atomic E-state index is 10.9. The van der Waals surface area contributed by atoms with Gasteiger partial charge >= 0.3 is 6.09 Å². The van der Waals surface area contributed by atoms with Crippen LogP contribution in [0.25, 0.3) is 11.3 Å². The molecule has 2 heterocycles. The molecule has 20 heavy (non-hydrogen) atoms. The van der Waals surface area contributed by atoms with Crippen LogP contribution in [0.4, 0.5) is 4.79 Å². The van der Waals surface area contributed by atoms with Crippen LogP contribution in [0.5, 0.6) is 0 Å². The van der Waals surface area contributed by atoms with Crippen LogP contribution < -0.4 is 0 Å². The number of piperidine rings is 1. The molecule has 3 rings (SSSR count). The van der Waals surface area contributed by atoms with Gasteiger partial charge in [-0.2, -0.15) is 0 Å². The smallest absolute Gasteiger partial charge is 0.407 e. The summed E-state index contributed by atoms with van der Waals surface area (Å²) in [5.41, 5.74) is 1.87. The minimum absolute atomic E-state index is 0.260. The Morgan fingerprint density at radius 3 is 2.60 bits per heavy atom. The molecule has 0 radical (unpaired) electrons. The number of hydrogen-bond acceptors (Lipinski definition) is 3. The fourth-order valence-corrected chi connectivity index (χ4v) is 2.58. The number of likely N-dealkylation sites (tertiary alicyclic amines) is 1. The van der Waals surface area contributed by atoms with E-state index in [0.29, 0.717) is 13.1 Å². The molecule has 0 aliphatic carbocycles. The molecule has 5 heteroatoms. The zero-order chi connectivity index (χ0) is 13.9. The third-order valence-corrected chi connectivity index (χ3v) is 3.77. The Labute approximate surface area is 116 Å². The molecule has 0 atom stereocenters. The Kier molecular flexibility index (Phi) is 3.41. The van der Waals surface area contributed by atoms with Crippen molar-refractivity contribution in [3.8, 4) is 11.3 Å². The monoisotopic (exact) mass is 272 g/mol.